The fourth-order valence-corrected chi connectivity index (χ4v) is 2.89. The molecule has 0 N–H and O–H groups in total. The first-order valence-corrected chi connectivity index (χ1v) is 7.94. The van der Waals surface area contributed by atoms with Gasteiger partial charge >= 0.3 is 6.18 Å². The van der Waals surface area contributed by atoms with E-state index in [4.69, 9.17) is 9.15 Å². The van der Waals surface area contributed by atoms with E-state index in [1.165, 1.54) is 6.07 Å². The summed E-state index contributed by atoms with van der Waals surface area (Å²) in [5.41, 5.74) is 0.0518. The zero-order chi connectivity index (χ0) is 17.3. The Bertz CT molecular complexity index is 933. The van der Waals surface area contributed by atoms with E-state index in [0.717, 1.165) is 5.56 Å². The molecule has 24 heavy (non-hydrogen) atoms. The number of halogens is 4. The fourth-order valence-electron chi connectivity index (χ4n) is 2.15. The maximum absolute atomic E-state index is 12.8. The van der Waals surface area contributed by atoms with Gasteiger partial charge in [-0.1, -0.05) is 30.3 Å². The van der Waals surface area contributed by atoms with E-state index in [-0.39, 0.29) is 17.6 Å². The van der Waals surface area contributed by atoms with Gasteiger partial charge in [-0.3, -0.25) is 4.79 Å². The highest BCUT2D eigenvalue weighted by Crippen LogP contribution is 2.34. The molecule has 0 aliphatic rings. The Kier molecular flexibility index (Phi) is 4.53. The number of ether oxygens (including phenoxy) is 1. The smallest absolute Gasteiger partial charge is 0.449 e. The monoisotopic (exact) mass is 446 g/mol. The summed E-state index contributed by atoms with van der Waals surface area (Å²) in [6, 6.07) is 12.8. The normalized spacial score (nSPS) is 11.7. The average molecular weight is 446 g/mol. The van der Waals surface area contributed by atoms with Gasteiger partial charge in [-0.2, -0.15) is 13.2 Å². The van der Waals surface area contributed by atoms with Crippen LogP contribution in [-0.2, 0) is 12.8 Å². The van der Waals surface area contributed by atoms with Crippen molar-refractivity contribution in [3.8, 4) is 5.75 Å². The van der Waals surface area contributed by atoms with Crippen LogP contribution in [0.3, 0.4) is 0 Å². The van der Waals surface area contributed by atoms with E-state index in [0.29, 0.717) is 15.4 Å². The van der Waals surface area contributed by atoms with Crippen LogP contribution in [0.25, 0.3) is 11.0 Å². The van der Waals surface area contributed by atoms with Gasteiger partial charge in [0.05, 0.1) is 8.96 Å². The molecule has 1 aromatic heterocycles. The van der Waals surface area contributed by atoms with Crippen LogP contribution >= 0.6 is 22.6 Å². The molecule has 3 aromatic rings. The van der Waals surface area contributed by atoms with Crippen molar-refractivity contribution in [2.45, 2.75) is 12.8 Å². The number of hydrogen-bond acceptors (Lipinski definition) is 3. The van der Waals surface area contributed by atoms with Gasteiger partial charge in [0.15, 0.2) is 11.0 Å². The molecular weight excluding hydrogens is 436 g/mol. The molecule has 0 amide bonds. The SMILES string of the molecule is O=c1cc(C(F)(F)F)oc2c(I)c(OCc3ccccc3)ccc12. The molecule has 0 bridgehead atoms. The largest absolute Gasteiger partial charge is 0.488 e. The van der Waals surface area contributed by atoms with E-state index < -0.39 is 17.4 Å². The molecule has 3 nitrogen and oxygen atoms in total. The molecule has 0 aliphatic heterocycles. The summed E-state index contributed by atoms with van der Waals surface area (Å²) in [6.45, 7) is 0.255. The molecule has 0 radical (unpaired) electrons. The lowest BCUT2D eigenvalue weighted by molar-refractivity contribution is -0.152. The van der Waals surface area contributed by atoms with E-state index in [1.54, 1.807) is 6.07 Å². The average Bonchev–Trinajstić information content (AvgIpc) is 2.54. The molecule has 1 heterocycles. The van der Waals surface area contributed by atoms with Crippen LogP contribution in [0.1, 0.15) is 11.3 Å². The number of benzene rings is 2. The molecule has 0 saturated carbocycles. The van der Waals surface area contributed by atoms with E-state index >= 15 is 0 Å². The molecule has 7 heteroatoms. The lowest BCUT2D eigenvalue weighted by Gasteiger charge is -2.11. The molecule has 0 saturated heterocycles. The van der Waals surface area contributed by atoms with Crippen molar-refractivity contribution in [1.82, 2.24) is 0 Å². The first-order chi connectivity index (χ1) is 11.4. The Labute approximate surface area is 148 Å². The summed E-state index contributed by atoms with van der Waals surface area (Å²) >= 11 is 1.82. The Hall–Kier alpha value is -2.03. The van der Waals surface area contributed by atoms with Crippen LogP contribution in [0.4, 0.5) is 13.2 Å². The maximum Gasteiger partial charge on any atom is 0.449 e. The molecule has 0 spiro atoms. The lowest BCUT2D eigenvalue weighted by atomic mass is 10.2. The van der Waals surface area contributed by atoms with Crippen molar-refractivity contribution in [2.24, 2.45) is 0 Å². The van der Waals surface area contributed by atoms with Crippen molar-refractivity contribution >= 4 is 33.6 Å². The highest BCUT2D eigenvalue weighted by molar-refractivity contribution is 14.1. The van der Waals surface area contributed by atoms with Gasteiger partial charge in [-0.15, -0.1) is 0 Å². The van der Waals surface area contributed by atoms with Gasteiger partial charge in [0.25, 0.3) is 0 Å². The summed E-state index contributed by atoms with van der Waals surface area (Å²) in [6.07, 6.45) is -4.72. The van der Waals surface area contributed by atoms with E-state index in [1.807, 2.05) is 52.9 Å². The van der Waals surface area contributed by atoms with Gasteiger partial charge in [0.1, 0.15) is 12.4 Å². The van der Waals surface area contributed by atoms with Crippen LogP contribution in [-0.4, -0.2) is 0 Å². The minimum atomic E-state index is -4.72. The zero-order valence-corrected chi connectivity index (χ0v) is 14.2. The molecular formula is C17H10F3IO3. The lowest BCUT2D eigenvalue weighted by Crippen LogP contribution is -2.11. The number of rotatable bonds is 3. The third kappa shape index (κ3) is 3.40. The summed E-state index contributed by atoms with van der Waals surface area (Å²) < 4.78 is 49.4. The Morgan fingerprint density at radius 3 is 2.46 bits per heavy atom. The first-order valence-electron chi connectivity index (χ1n) is 6.86. The van der Waals surface area contributed by atoms with Crippen molar-refractivity contribution in [1.29, 1.82) is 0 Å². The van der Waals surface area contributed by atoms with Crippen molar-refractivity contribution in [3.63, 3.8) is 0 Å². The zero-order valence-electron chi connectivity index (χ0n) is 12.1. The molecule has 2 aromatic carbocycles. The van der Waals surface area contributed by atoms with Gasteiger partial charge in [0, 0.05) is 6.07 Å². The quantitative estimate of drug-likeness (QED) is 0.532. The maximum atomic E-state index is 12.8. The minimum absolute atomic E-state index is 0.0828. The standard InChI is InChI=1S/C17H10F3IO3/c18-17(19,20)14-8-12(22)11-6-7-13(15(21)16(11)24-14)23-9-10-4-2-1-3-5-10/h1-8H,9H2. The predicted octanol–water partition coefficient (Wildman–Crippen LogP) is 5.00. The molecule has 0 aliphatic carbocycles. The number of fused-ring (bicyclic) bond motifs is 1. The predicted molar refractivity (Wildman–Crippen MR) is 91.0 cm³/mol. The van der Waals surface area contributed by atoms with Crippen molar-refractivity contribution < 1.29 is 22.3 Å². The summed E-state index contributed by atoms with van der Waals surface area (Å²) in [5, 5.41) is 0.0828. The second-order valence-corrected chi connectivity index (χ2v) is 6.08. The van der Waals surface area contributed by atoms with Crippen molar-refractivity contribution in [2.75, 3.05) is 0 Å². The Balaban J connectivity index is 2.01. The van der Waals surface area contributed by atoms with Gasteiger partial charge < -0.3 is 9.15 Å². The molecule has 0 unspecified atom stereocenters. The number of hydrogen-bond donors (Lipinski definition) is 0. The van der Waals surface area contributed by atoms with E-state index in [2.05, 4.69) is 0 Å². The van der Waals surface area contributed by atoms with Crippen LogP contribution in [0, 0.1) is 3.57 Å². The van der Waals surface area contributed by atoms with Crippen LogP contribution in [0.15, 0.2) is 57.7 Å². The van der Waals surface area contributed by atoms with Gasteiger partial charge in [-0.25, -0.2) is 0 Å². The highest BCUT2D eigenvalue weighted by atomic mass is 127. The third-order valence-electron chi connectivity index (χ3n) is 3.32. The summed E-state index contributed by atoms with van der Waals surface area (Å²) in [4.78, 5) is 11.9. The molecule has 0 atom stereocenters. The fraction of sp³-hybridized carbons (Fsp3) is 0.118. The second-order valence-electron chi connectivity index (χ2n) is 5.00. The molecule has 124 valence electrons. The third-order valence-corrected chi connectivity index (χ3v) is 4.34. The Morgan fingerprint density at radius 2 is 1.79 bits per heavy atom. The van der Waals surface area contributed by atoms with Crippen molar-refractivity contribution in [3.05, 3.63) is 73.6 Å². The van der Waals surface area contributed by atoms with Gasteiger partial charge in [0.2, 0.25) is 5.76 Å². The van der Waals surface area contributed by atoms with Gasteiger partial charge in [-0.05, 0) is 40.3 Å². The van der Waals surface area contributed by atoms with Crippen LogP contribution in [0.5, 0.6) is 5.75 Å². The van der Waals surface area contributed by atoms with Crippen LogP contribution in [0.2, 0.25) is 0 Å². The number of alkyl halides is 3. The van der Waals surface area contributed by atoms with E-state index in [9.17, 15) is 18.0 Å². The highest BCUT2D eigenvalue weighted by Gasteiger charge is 2.35. The Morgan fingerprint density at radius 1 is 1.08 bits per heavy atom. The molecule has 3 rings (SSSR count). The summed E-state index contributed by atoms with van der Waals surface area (Å²) in [7, 11) is 0. The minimum Gasteiger partial charge on any atom is -0.488 e. The van der Waals surface area contributed by atoms with Crippen LogP contribution < -0.4 is 10.2 Å². The first kappa shape index (κ1) is 16.8. The second kappa shape index (κ2) is 6.46. The molecule has 0 fully saturated rings. The topological polar surface area (TPSA) is 39.4 Å². The summed E-state index contributed by atoms with van der Waals surface area (Å²) in [5.74, 6) is -0.965.